The Morgan fingerprint density at radius 1 is 1.09 bits per heavy atom. The zero-order valence-corrected chi connectivity index (χ0v) is 12.9. The van der Waals surface area contributed by atoms with E-state index >= 15 is 0 Å². The van der Waals surface area contributed by atoms with E-state index in [2.05, 4.69) is 19.9 Å². The van der Waals surface area contributed by atoms with Gasteiger partial charge in [0.2, 0.25) is 0 Å². The number of hydrogen-bond acceptors (Lipinski definition) is 5. The van der Waals surface area contributed by atoms with Crippen molar-refractivity contribution in [2.24, 2.45) is 17.8 Å². The van der Waals surface area contributed by atoms with Gasteiger partial charge >= 0.3 is 0 Å². The molecule has 2 aliphatic rings. The van der Waals surface area contributed by atoms with Crippen molar-refractivity contribution in [1.82, 2.24) is 24.8 Å². The van der Waals surface area contributed by atoms with Crippen LogP contribution in [0.15, 0.2) is 37.1 Å². The molecule has 2 aromatic rings. The Balaban J connectivity index is 1.44. The van der Waals surface area contributed by atoms with E-state index in [1.165, 1.54) is 12.8 Å². The lowest BCUT2D eigenvalue weighted by Gasteiger charge is -2.20. The standard InChI is InChI=1S/C17H19N5O/c23-17(15-9-18-6-7-19-15)22-10-13-3-2-12(14(13)11-22)8-16-20-4-1-5-21-16/h1,4-7,9,12-14H,2-3,8,10-11H2/t12-,13-,14-/m1/s1. The monoisotopic (exact) mass is 309 g/mol. The molecule has 0 N–H and O–H groups in total. The summed E-state index contributed by atoms with van der Waals surface area (Å²) in [6.45, 7) is 1.66. The molecule has 6 heteroatoms. The van der Waals surface area contributed by atoms with Crippen LogP contribution in [0.5, 0.6) is 0 Å². The average molecular weight is 309 g/mol. The Hall–Kier alpha value is -2.37. The summed E-state index contributed by atoms with van der Waals surface area (Å²) >= 11 is 0. The predicted molar refractivity (Wildman–Crippen MR) is 83.4 cm³/mol. The highest BCUT2D eigenvalue weighted by molar-refractivity contribution is 5.92. The molecular weight excluding hydrogens is 290 g/mol. The van der Waals surface area contributed by atoms with Crippen LogP contribution in [0.2, 0.25) is 0 Å². The number of fused-ring (bicyclic) bond motifs is 1. The first-order chi connectivity index (χ1) is 11.3. The van der Waals surface area contributed by atoms with Crippen molar-refractivity contribution in [2.75, 3.05) is 13.1 Å². The first-order valence-corrected chi connectivity index (χ1v) is 8.12. The lowest BCUT2D eigenvalue weighted by molar-refractivity contribution is 0.0770. The Bertz CT molecular complexity index is 678. The topological polar surface area (TPSA) is 71.9 Å². The molecule has 0 spiro atoms. The molecule has 2 fully saturated rings. The van der Waals surface area contributed by atoms with E-state index in [-0.39, 0.29) is 5.91 Å². The summed E-state index contributed by atoms with van der Waals surface area (Å²) in [5.41, 5.74) is 0.440. The van der Waals surface area contributed by atoms with Crippen LogP contribution < -0.4 is 0 Å². The van der Waals surface area contributed by atoms with Gasteiger partial charge in [0.1, 0.15) is 11.5 Å². The van der Waals surface area contributed by atoms with Gasteiger partial charge in [0.05, 0.1) is 6.20 Å². The van der Waals surface area contributed by atoms with E-state index < -0.39 is 0 Å². The lowest BCUT2D eigenvalue weighted by atomic mass is 9.90. The zero-order valence-electron chi connectivity index (χ0n) is 12.9. The zero-order chi connectivity index (χ0) is 15.6. The maximum Gasteiger partial charge on any atom is 0.274 e. The molecule has 0 unspecified atom stereocenters. The van der Waals surface area contributed by atoms with Crippen LogP contribution in [0.3, 0.4) is 0 Å². The van der Waals surface area contributed by atoms with E-state index in [1.807, 2.05) is 11.0 Å². The second-order valence-electron chi connectivity index (χ2n) is 6.43. The number of likely N-dealkylation sites (tertiary alicyclic amines) is 1. The minimum Gasteiger partial charge on any atom is -0.337 e. The van der Waals surface area contributed by atoms with Gasteiger partial charge in [-0.25, -0.2) is 15.0 Å². The Labute approximate surface area is 135 Å². The molecule has 0 bridgehead atoms. The van der Waals surface area contributed by atoms with Gasteiger partial charge in [-0.3, -0.25) is 9.78 Å². The fourth-order valence-corrected chi connectivity index (χ4v) is 4.04. The lowest BCUT2D eigenvalue weighted by Crippen LogP contribution is -2.31. The third-order valence-electron chi connectivity index (χ3n) is 5.14. The average Bonchev–Trinajstić information content (AvgIpc) is 3.18. The molecule has 1 amide bonds. The van der Waals surface area contributed by atoms with Crippen molar-refractivity contribution in [3.05, 3.63) is 48.6 Å². The van der Waals surface area contributed by atoms with Gasteiger partial charge in [-0.05, 0) is 36.7 Å². The Morgan fingerprint density at radius 3 is 2.74 bits per heavy atom. The fraction of sp³-hybridized carbons (Fsp3) is 0.471. The first-order valence-electron chi connectivity index (χ1n) is 8.12. The van der Waals surface area contributed by atoms with Crippen molar-refractivity contribution in [1.29, 1.82) is 0 Å². The van der Waals surface area contributed by atoms with Gasteiger partial charge in [-0.1, -0.05) is 0 Å². The number of aromatic nitrogens is 4. The van der Waals surface area contributed by atoms with Gasteiger partial charge < -0.3 is 4.90 Å². The van der Waals surface area contributed by atoms with Crippen molar-refractivity contribution < 1.29 is 4.79 Å². The molecular formula is C17H19N5O. The summed E-state index contributed by atoms with van der Waals surface area (Å²) in [5.74, 6) is 2.64. The van der Waals surface area contributed by atoms with Crippen molar-refractivity contribution in [3.8, 4) is 0 Å². The molecule has 1 aliphatic heterocycles. The van der Waals surface area contributed by atoms with Gasteiger partial charge in [0.15, 0.2) is 0 Å². The van der Waals surface area contributed by atoms with Crippen molar-refractivity contribution in [3.63, 3.8) is 0 Å². The molecule has 118 valence electrons. The van der Waals surface area contributed by atoms with E-state index in [0.717, 1.165) is 25.3 Å². The van der Waals surface area contributed by atoms with Gasteiger partial charge in [0.25, 0.3) is 5.91 Å². The SMILES string of the molecule is O=C(c1cnccn1)N1C[C@H]2CC[C@H](Cc3ncccn3)[C@H]2C1. The maximum atomic E-state index is 12.5. The van der Waals surface area contributed by atoms with E-state index in [0.29, 0.717) is 23.4 Å². The van der Waals surface area contributed by atoms with Crippen molar-refractivity contribution in [2.45, 2.75) is 19.3 Å². The second kappa shape index (κ2) is 6.02. The van der Waals surface area contributed by atoms with Crippen LogP contribution in [0.25, 0.3) is 0 Å². The van der Waals surface area contributed by atoms with Crippen LogP contribution in [0, 0.1) is 17.8 Å². The normalized spacial score (nSPS) is 26.3. The summed E-state index contributed by atoms with van der Waals surface area (Å²) in [7, 11) is 0. The number of carbonyl (C=O) groups is 1. The highest BCUT2D eigenvalue weighted by atomic mass is 16.2. The summed E-state index contributed by atoms with van der Waals surface area (Å²) in [6.07, 6.45) is 11.6. The number of carbonyl (C=O) groups excluding carboxylic acids is 1. The maximum absolute atomic E-state index is 12.5. The number of hydrogen-bond donors (Lipinski definition) is 0. The van der Waals surface area contributed by atoms with Crippen LogP contribution in [0.4, 0.5) is 0 Å². The highest BCUT2D eigenvalue weighted by Gasteiger charge is 2.44. The Kier molecular flexibility index (Phi) is 3.73. The van der Waals surface area contributed by atoms with Crippen LogP contribution in [-0.4, -0.2) is 43.8 Å². The van der Waals surface area contributed by atoms with E-state index in [1.54, 1.807) is 31.0 Å². The van der Waals surface area contributed by atoms with Crippen LogP contribution >= 0.6 is 0 Å². The van der Waals surface area contributed by atoms with E-state index in [9.17, 15) is 4.79 Å². The number of rotatable bonds is 3. The second-order valence-corrected chi connectivity index (χ2v) is 6.43. The smallest absolute Gasteiger partial charge is 0.274 e. The first kappa shape index (κ1) is 14.2. The van der Waals surface area contributed by atoms with Gasteiger partial charge in [-0.15, -0.1) is 0 Å². The summed E-state index contributed by atoms with van der Waals surface area (Å²) < 4.78 is 0. The summed E-state index contributed by atoms with van der Waals surface area (Å²) in [5, 5.41) is 0. The van der Waals surface area contributed by atoms with Crippen LogP contribution in [0.1, 0.15) is 29.2 Å². The summed E-state index contributed by atoms with van der Waals surface area (Å²) in [4.78, 5) is 31.3. The minimum absolute atomic E-state index is 0.00205. The van der Waals surface area contributed by atoms with Gasteiger partial charge in [-0.2, -0.15) is 0 Å². The summed E-state index contributed by atoms with van der Waals surface area (Å²) in [6, 6.07) is 1.85. The molecule has 3 atom stereocenters. The number of amides is 1. The molecule has 1 saturated heterocycles. The molecule has 6 nitrogen and oxygen atoms in total. The van der Waals surface area contributed by atoms with Gasteiger partial charge in [0, 0.05) is 44.3 Å². The molecule has 1 saturated carbocycles. The minimum atomic E-state index is 0.00205. The quantitative estimate of drug-likeness (QED) is 0.861. The van der Waals surface area contributed by atoms with E-state index in [4.69, 9.17) is 0 Å². The van der Waals surface area contributed by atoms with Crippen LogP contribution in [-0.2, 0) is 6.42 Å². The largest absolute Gasteiger partial charge is 0.337 e. The Morgan fingerprint density at radius 2 is 1.96 bits per heavy atom. The highest BCUT2D eigenvalue weighted by Crippen LogP contribution is 2.43. The molecule has 2 aromatic heterocycles. The molecule has 1 aliphatic carbocycles. The molecule has 23 heavy (non-hydrogen) atoms. The van der Waals surface area contributed by atoms with Crippen molar-refractivity contribution >= 4 is 5.91 Å². The molecule has 4 rings (SSSR count). The molecule has 0 radical (unpaired) electrons. The third-order valence-corrected chi connectivity index (χ3v) is 5.14. The fourth-order valence-electron chi connectivity index (χ4n) is 4.04. The molecule has 3 heterocycles. The number of nitrogens with zero attached hydrogens (tertiary/aromatic N) is 5. The predicted octanol–water partition coefficient (Wildman–Crippen LogP) is 1.61. The molecule has 0 aromatic carbocycles. The third kappa shape index (κ3) is 2.81.